The highest BCUT2D eigenvalue weighted by molar-refractivity contribution is 7.13. The standard InChI is InChI=1S/C12H10Cl2N2O2S/c13-9-3-1-7(5-10(9)14)15-12-16-8(6-19-12)2-4-11(17)18/h1,3,5-6H,2,4H2,(H,15,16)(H,17,18). The third kappa shape index (κ3) is 4.09. The second-order valence-electron chi connectivity index (χ2n) is 3.79. The molecule has 0 spiro atoms. The van der Waals surface area contributed by atoms with Crippen molar-refractivity contribution in [2.45, 2.75) is 12.8 Å². The van der Waals surface area contributed by atoms with Gasteiger partial charge in [-0.1, -0.05) is 23.2 Å². The second-order valence-corrected chi connectivity index (χ2v) is 5.46. The molecule has 0 aliphatic carbocycles. The van der Waals surface area contributed by atoms with Crippen molar-refractivity contribution in [3.8, 4) is 0 Å². The van der Waals surface area contributed by atoms with E-state index in [1.807, 2.05) is 5.38 Å². The Labute approximate surface area is 124 Å². The fraction of sp³-hybridized carbons (Fsp3) is 0.167. The van der Waals surface area contributed by atoms with Crippen molar-refractivity contribution >= 4 is 51.3 Å². The summed E-state index contributed by atoms with van der Waals surface area (Å²) in [6.45, 7) is 0. The Morgan fingerprint density at radius 3 is 2.84 bits per heavy atom. The molecule has 7 heteroatoms. The van der Waals surface area contributed by atoms with E-state index in [-0.39, 0.29) is 6.42 Å². The number of hydrogen-bond donors (Lipinski definition) is 2. The van der Waals surface area contributed by atoms with Crippen molar-refractivity contribution in [2.75, 3.05) is 5.32 Å². The lowest BCUT2D eigenvalue weighted by Crippen LogP contribution is -1.98. The summed E-state index contributed by atoms with van der Waals surface area (Å²) in [6, 6.07) is 5.21. The van der Waals surface area contributed by atoms with E-state index in [1.54, 1.807) is 18.2 Å². The van der Waals surface area contributed by atoms with Crippen molar-refractivity contribution in [1.82, 2.24) is 4.98 Å². The summed E-state index contributed by atoms with van der Waals surface area (Å²) >= 11 is 13.2. The van der Waals surface area contributed by atoms with E-state index < -0.39 is 5.97 Å². The van der Waals surface area contributed by atoms with Gasteiger partial charge < -0.3 is 10.4 Å². The number of halogens is 2. The first-order valence-electron chi connectivity index (χ1n) is 5.43. The number of aromatic nitrogens is 1. The van der Waals surface area contributed by atoms with Gasteiger partial charge >= 0.3 is 5.97 Å². The smallest absolute Gasteiger partial charge is 0.303 e. The molecule has 2 N–H and O–H groups in total. The Morgan fingerprint density at radius 1 is 1.37 bits per heavy atom. The zero-order chi connectivity index (χ0) is 13.8. The molecule has 100 valence electrons. The Balaban J connectivity index is 2.02. The molecule has 0 bridgehead atoms. The molecule has 0 fully saturated rings. The number of carboxylic acid groups (broad SMARTS) is 1. The summed E-state index contributed by atoms with van der Waals surface area (Å²) in [5.41, 5.74) is 1.54. The number of thiazole rings is 1. The number of anilines is 2. The predicted octanol–water partition coefficient (Wildman–Crippen LogP) is 4.21. The quantitative estimate of drug-likeness (QED) is 0.867. The van der Waals surface area contributed by atoms with Crippen LogP contribution in [0.3, 0.4) is 0 Å². The second kappa shape index (κ2) is 6.23. The van der Waals surface area contributed by atoms with Crippen LogP contribution in [-0.4, -0.2) is 16.1 Å². The number of aliphatic carboxylic acids is 1. The first-order chi connectivity index (χ1) is 9.04. The summed E-state index contributed by atoms with van der Waals surface area (Å²) in [5.74, 6) is -0.827. The van der Waals surface area contributed by atoms with E-state index in [1.165, 1.54) is 11.3 Å². The van der Waals surface area contributed by atoms with Crippen LogP contribution in [0.2, 0.25) is 10.0 Å². The normalized spacial score (nSPS) is 10.4. The van der Waals surface area contributed by atoms with Crippen LogP contribution in [0.25, 0.3) is 0 Å². The van der Waals surface area contributed by atoms with Crippen LogP contribution in [0.15, 0.2) is 23.6 Å². The lowest BCUT2D eigenvalue weighted by atomic mass is 10.2. The number of nitrogens with zero attached hydrogens (tertiary/aromatic N) is 1. The van der Waals surface area contributed by atoms with Gasteiger partial charge in [0.1, 0.15) is 0 Å². The number of aryl methyl sites for hydroxylation is 1. The lowest BCUT2D eigenvalue weighted by molar-refractivity contribution is -0.136. The first-order valence-corrected chi connectivity index (χ1v) is 7.06. The van der Waals surface area contributed by atoms with Crippen LogP contribution < -0.4 is 5.32 Å². The van der Waals surface area contributed by atoms with Crippen LogP contribution in [0, 0.1) is 0 Å². The van der Waals surface area contributed by atoms with Gasteiger partial charge in [0.25, 0.3) is 0 Å². The maximum absolute atomic E-state index is 10.5. The molecular formula is C12H10Cl2N2O2S. The Morgan fingerprint density at radius 2 is 2.16 bits per heavy atom. The van der Waals surface area contributed by atoms with Gasteiger partial charge in [-0.2, -0.15) is 0 Å². The Kier molecular flexibility index (Phi) is 4.63. The molecule has 0 saturated heterocycles. The number of rotatable bonds is 5. The third-order valence-electron chi connectivity index (χ3n) is 2.32. The van der Waals surface area contributed by atoms with Gasteiger partial charge in [-0.3, -0.25) is 4.79 Å². The number of nitrogens with one attached hydrogen (secondary N) is 1. The molecule has 2 rings (SSSR count). The van der Waals surface area contributed by atoms with Crippen LogP contribution in [0.1, 0.15) is 12.1 Å². The van der Waals surface area contributed by atoms with E-state index in [2.05, 4.69) is 10.3 Å². The zero-order valence-electron chi connectivity index (χ0n) is 9.69. The fourth-order valence-electron chi connectivity index (χ4n) is 1.41. The van der Waals surface area contributed by atoms with Crippen molar-refractivity contribution < 1.29 is 9.90 Å². The average molecular weight is 317 g/mol. The molecule has 0 unspecified atom stereocenters. The maximum Gasteiger partial charge on any atom is 0.303 e. The molecule has 19 heavy (non-hydrogen) atoms. The Hall–Kier alpha value is -1.30. The monoisotopic (exact) mass is 316 g/mol. The molecule has 1 heterocycles. The topological polar surface area (TPSA) is 62.2 Å². The van der Waals surface area contributed by atoms with Gasteiger partial charge in [0.15, 0.2) is 5.13 Å². The van der Waals surface area contributed by atoms with E-state index in [4.69, 9.17) is 28.3 Å². The van der Waals surface area contributed by atoms with Crippen LogP contribution in [0.5, 0.6) is 0 Å². The summed E-state index contributed by atoms with van der Waals surface area (Å²) in [4.78, 5) is 14.8. The number of benzene rings is 1. The molecule has 0 atom stereocenters. The third-order valence-corrected chi connectivity index (χ3v) is 3.86. The molecule has 0 saturated carbocycles. The van der Waals surface area contributed by atoms with E-state index >= 15 is 0 Å². The molecule has 0 aliphatic heterocycles. The van der Waals surface area contributed by atoms with Crippen LogP contribution >= 0.6 is 34.5 Å². The molecule has 2 aromatic rings. The highest BCUT2D eigenvalue weighted by Crippen LogP contribution is 2.28. The minimum Gasteiger partial charge on any atom is -0.481 e. The van der Waals surface area contributed by atoms with Crippen molar-refractivity contribution in [2.24, 2.45) is 0 Å². The highest BCUT2D eigenvalue weighted by atomic mass is 35.5. The molecule has 0 aliphatic rings. The fourth-order valence-corrected chi connectivity index (χ4v) is 2.47. The molecular weight excluding hydrogens is 307 g/mol. The van der Waals surface area contributed by atoms with Gasteiger partial charge in [-0.05, 0) is 18.2 Å². The minimum absolute atomic E-state index is 0.0793. The van der Waals surface area contributed by atoms with Gasteiger partial charge in [0.05, 0.1) is 22.2 Å². The van der Waals surface area contributed by atoms with E-state index in [9.17, 15) is 4.79 Å². The molecule has 1 aromatic carbocycles. The maximum atomic E-state index is 10.5. The first kappa shape index (κ1) is 14.1. The largest absolute Gasteiger partial charge is 0.481 e. The van der Waals surface area contributed by atoms with E-state index in [0.717, 1.165) is 11.4 Å². The van der Waals surface area contributed by atoms with Gasteiger partial charge in [0.2, 0.25) is 0 Å². The van der Waals surface area contributed by atoms with E-state index in [0.29, 0.717) is 21.6 Å². The highest BCUT2D eigenvalue weighted by Gasteiger charge is 2.06. The average Bonchev–Trinajstić information content (AvgIpc) is 2.79. The predicted molar refractivity (Wildman–Crippen MR) is 77.8 cm³/mol. The van der Waals surface area contributed by atoms with Crippen LogP contribution in [-0.2, 0) is 11.2 Å². The Bertz CT molecular complexity index is 601. The van der Waals surface area contributed by atoms with Gasteiger partial charge in [0, 0.05) is 17.5 Å². The molecule has 4 nitrogen and oxygen atoms in total. The molecule has 1 aromatic heterocycles. The molecule has 0 amide bonds. The summed E-state index contributed by atoms with van der Waals surface area (Å²) in [7, 11) is 0. The minimum atomic E-state index is -0.827. The van der Waals surface area contributed by atoms with Crippen molar-refractivity contribution in [3.63, 3.8) is 0 Å². The van der Waals surface area contributed by atoms with Gasteiger partial charge in [-0.25, -0.2) is 4.98 Å². The van der Waals surface area contributed by atoms with Crippen LogP contribution in [0.4, 0.5) is 10.8 Å². The molecule has 0 radical (unpaired) electrons. The number of carboxylic acids is 1. The lowest BCUT2D eigenvalue weighted by Gasteiger charge is -2.03. The SMILES string of the molecule is O=C(O)CCc1csc(Nc2ccc(Cl)c(Cl)c2)n1. The van der Waals surface area contributed by atoms with Crippen molar-refractivity contribution in [1.29, 1.82) is 0 Å². The zero-order valence-corrected chi connectivity index (χ0v) is 12.0. The summed E-state index contributed by atoms with van der Waals surface area (Å²) in [6.07, 6.45) is 0.505. The van der Waals surface area contributed by atoms with Gasteiger partial charge in [-0.15, -0.1) is 11.3 Å². The number of carbonyl (C=O) groups is 1. The summed E-state index contributed by atoms with van der Waals surface area (Å²) < 4.78 is 0. The number of hydrogen-bond acceptors (Lipinski definition) is 4. The summed E-state index contributed by atoms with van der Waals surface area (Å²) in [5, 5.41) is 15.2. The van der Waals surface area contributed by atoms with Crippen molar-refractivity contribution in [3.05, 3.63) is 39.3 Å².